The van der Waals surface area contributed by atoms with E-state index in [-0.39, 0.29) is 4.83 Å². The summed E-state index contributed by atoms with van der Waals surface area (Å²) in [7, 11) is -3.18. The van der Waals surface area contributed by atoms with Crippen molar-refractivity contribution in [1.29, 1.82) is 0 Å². The molecule has 0 fully saturated rings. The molecular weight excluding hydrogens is 396 g/mol. The van der Waals surface area contributed by atoms with Crippen molar-refractivity contribution in [1.82, 2.24) is 0 Å². The van der Waals surface area contributed by atoms with E-state index in [4.69, 9.17) is 4.74 Å². The molecule has 1 unspecified atom stereocenters. The van der Waals surface area contributed by atoms with E-state index >= 15 is 0 Å². The minimum Gasteiger partial charge on any atom is -0.493 e. The van der Waals surface area contributed by atoms with E-state index < -0.39 is 14.6 Å². The number of alkyl halides is 1. The molecular formula is C13H18Br2O3S. The van der Waals surface area contributed by atoms with E-state index in [9.17, 15) is 8.42 Å². The van der Waals surface area contributed by atoms with Gasteiger partial charge in [0.1, 0.15) is 5.75 Å². The summed E-state index contributed by atoms with van der Waals surface area (Å²) in [5.41, 5.74) is 0.894. The van der Waals surface area contributed by atoms with E-state index in [1.807, 2.05) is 25.1 Å². The maximum atomic E-state index is 11.9. The lowest BCUT2D eigenvalue weighted by Gasteiger charge is -2.29. The number of rotatable bonds is 5. The largest absolute Gasteiger partial charge is 0.493 e. The fourth-order valence-electron chi connectivity index (χ4n) is 1.54. The Morgan fingerprint density at radius 2 is 1.95 bits per heavy atom. The summed E-state index contributed by atoms with van der Waals surface area (Å²) in [6.07, 6.45) is 1.25. The lowest BCUT2D eigenvalue weighted by atomic mass is 10.0. The van der Waals surface area contributed by atoms with Gasteiger partial charge in [-0.1, -0.05) is 22.0 Å². The minimum atomic E-state index is -3.18. The molecule has 0 aliphatic carbocycles. The highest BCUT2D eigenvalue weighted by molar-refractivity contribution is 9.10. The molecule has 1 aromatic carbocycles. The van der Waals surface area contributed by atoms with Crippen LogP contribution < -0.4 is 4.74 Å². The highest BCUT2D eigenvalue weighted by Gasteiger charge is 2.38. The summed E-state index contributed by atoms with van der Waals surface area (Å²) >= 11 is 6.94. The third-order valence-corrected chi connectivity index (χ3v) is 7.86. The van der Waals surface area contributed by atoms with Gasteiger partial charge in [-0.2, -0.15) is 0 Å². The second-order valence-electron chi connectivity index (χ2n) is 4.86. The molecule has 0 aliphatic heterocycles. The van der Waals surface area contributed by atoms with Crippen LogP contribution in [0.1, 0.15) is 31.2 Å². The smallest absolute Gasteiger partial charge is 0.154 e. The molecule has 0 aromatic heterocycles. The van der Waals surface area contributed by atoms with E-state index in [0.717, 1.165) is 15.8 Å². The SMILES string of the molecule is CCOc1ccc(C(Br)C(C)(C)S(C)(=O)=O)cc1Br. The van der Waals surface area contributed by atoms with Gasteiger partial charge >= 0.3 is 0 Å². The molecule has 0 aliphatic rings. The molecule has 0 radical (unpaired) electrons. The first-order valence-corrected chi connectivity index (χ1v) is 9.47. The Morgan fingerprint density at radius 1 is 1.37 bits per heavy atom. The van der Waals surface area contributed by atoms with E-state index in [2.05, 4.69) is 31.9 Å². The number of sulfone groups is 1. The summed E-state index contributed by atoms with van der Waals surface area (Å²) in [5.74, 6) is 0.753. The average Bonchev–Trinajstić information content (AvgIpc) is 2.29. The van der Waals surface area contributed by atoms with Gasteiger partial charge < -0.3 is 4.74 Å². The molecule has 0 N–H and O–H groups in total. The monoisotopic (exact) mass is 412 g/mol. The van der Waals surface area contributed by atoms with Crippen LogP contribution in [0.3, 0.4) is 0 Å². The number of benzene rings is 1. The predicted molar refractivity (Wildman–Crippen MR) is 85.9 cm³/mol. The Morgan fingerprint density at radius 3 is 2.37 bits per heavy atom. The standard InChI is InChI=1S/C13H18Br2O3S/c1-5-18-11-7-6-9(8-10(11)14)12(15)13(2,3)19(4,16)17/h6-8,12H,5H2,1-4H3. The second-order valence-corrected chi connectivity index (χ2v) is 9.23. The van der Waals surface area contributed by atoms with Crippen LogP contribution in [0.25, 0.3) is 0 Å². The highest BCUT2D eigenvalue weighted by Crippen LogP contribution is 2.41. The maximum absolute atomic E-state index is 11.9. The number of hydrogen-bond donors (Lipinski definition) is 0. The number of halogens is 2. The number of hydrogen-bond acceptors (Lipinski definition) is 3. The minimum absolute atomic E-state index is 0.290. The molecule has 19 heavy (non-hydrogen) atoms. The molecule has 1 aromatic rings. The molecule has 1 rings (SSSR count). The zero-order valence-corrected chi connectivity index (χ0v) is 15.4. The van der Waals surface area contributed by atoms with Crippen LogP contribution in [0.15, 0.2) is 22.7 Å². The first-order valence-electron chi connectivity index (χ1n) is 5.87. The van der Waals surface area contributed by atoms with Gasteiger partial charge in [0.25, 0.3) is 0 Å². The van der Waals surface area contributed by atoms with Crippen molar-refractivity contribution in [3.8, 4) is 5.75 Å². The van der Waals surface area contributed by atoms with Crippen molar-refractivity contribution < 1.29 is 13.2 Å². The Labute approximate surface area is 131 Å². The van der Waals surface area contributed by atoms with E-state index in [0.29, 0.717) is 6.61 Å². The fraction of sp³-hybridized carbons (Fsp3) is 0.538. The lowest BCUT2D eigenvalue weighted by Crippen LogP contribution is -2.35. The zero-order chi connectivity index (χ0) is 14.8. The quantitative estimate of drug-likeness (QED) is 0.682. The first kappa shape index (κ1) is 17.0. The third kappa shape index (κ3) is 3.73. The van der Waals surface area contributed by atoms with Crippen molar-refractivity contribution in [3.05, 3.63) is 28.2 Å². The van der Waals surface area contributed by atoms with Gasteiger partial charge in [0, 0.05) is 6.26 Å². The predicted octanol–water partition coefficient (Wildman–Crippen LogP) is 4.11. The summed E-state index contributed by atoms with van der Waals surface area (Å²) < 4.78 is 29.1. The van der Waals surface area contributed by atoms with Crippen LogP contribution >= 0.6 is 31.9 Å². The van der Waals surface area contributed by atoms with Gasteiger partial charge in [-0.15, -0.1) is 0 Å². The van der Waals surface area contributed by atoms with Crippen LogP contribution in [-0.4, -0.2) is 26.0 Å². The molecule has 3 nitrogen and oxygen atoms in total. The zero-order valence-electron chi connectivity index (χ0n) is 11.4. The highest BCUT2D eigenvalue weighted by atomic mass is 79.9. The van der Waals surface area contributed by atoms with Crippen molar-refractivity contribution in [2.75, 3.05) is 12.9 Å². The fourth-order valence-corrected chi connectivity index (χ4v) is 3.86. The number of ether oxygens (including phenoxy) is 1. The van der Waals surface area contributed by atoms with Crippen molar-refractivity contribution in [2.45, 2.75) is 30.3 Å². The van der Waals surface area contributed by atoms with Gasteiger partial charge in [0.2, 0.25) is 0 Å². The molecule has 0 heterocycles. The van der Waals surface area contributed by atoms with Crippen molar-refractivity contribution >= 4 is 41.7 Å². The normalized spacial score (nSPS) is 14.2. The summed E-state index contributed by atoms with van der Waals surface area (Å²) in [5, 5.41) is 0. The molecule has 0 amide bonds. The Bertz CT molecular complexity index is 553. The van der Waals surface area contributed by atoms with E-state index in [1.165, 1.54) is 6.26 Å². The van der Waals surface area contributed by atoms with Gasteiger partial charge in [0.05, 0.1) is 20.7 Å². The second kappa shape index (κ2) is 6.14. The van der Waals surface area contributed by atoms with E-state index in [1.54, 1.807) is 13.8 Å². The van der Waals surface area contributed by atoms with Crippen LogP contribution in [0.4, 0.5) is 0 Å². The van der Waals surface area contributed by atoms with Gasteiger partial charge in [-0.25, -0.2) is 8.42 Å². The van der Waals surface area contributed by atoms with Crippen LogP contribution in [0.2, 0.25) is 0 Å². The summed E-state index contributed by atoms with van der Waals surface area (Å²) in [6.45, 7) is 5.93. The first-order chi connectivity index (χ1) is 8.61. The van der Waals surface area contributed by atoms with Crippen molar-refractivity contribution in [2.24, 2.45) is 0 Å². The molecule has 6 heteroatoms. The Hall–Kier alpha value is -0.0700. The van der Waals surface area contributed by atoms with Crippen LogP contribution in [-0.2, 0) is 9.84 Å². The molecule has 0 saturated heterocycles. The van der Waals surface area contributed by atoms with Crippen LogP contribution in [0.5, 0.6) is 5.75 Å². The van der Waals surface area contributed by atoms with Gasteiger partial charge in [-0.05, 0) is 54.4 Å². The Kier molecular flexibility index (Phi) is 5.49. The molecule has 1 atom stereocenters. The lowest BCUT2D eigenvalue weighted by molar-refractivity contribution is 0.338. The summed E-state index contributed by atoms with van der Waals surface area (Å²) in [6, 6.07) is 5.61. The topological polar surface area (TPSA) is 43.4 Å². The van der Waals surface area contributed by atoms with Crippen molar-refractivity contribution in [3.63, 3.8) is 0 Å². The molecule has 0 bridgehead atoms. The van der Waals surface area contributed by atoms with Gasteiger partial charge in [-0.3, -0.25) is 0 Å². The molecule has 0 spiro atoms. The Balaban J connectivity index is 3.15. The molecule has 108 valence electrons. The maximum Gasteiger partial charge on any atom is 0.154 e. The third-order valence-electron chi connectivity index (χ3n) is 3.11. The molecule has 0 saturated carbocycles. The average molecular weight is 414 g/mol. The summed E-state index contributed by atoms with van der Waals surface area (Å²) in [4.78, 5) is -0.290. The van der Waals surface area contributed by atoms with Crippen LogP contribution in [0, 0.1) is 0 Å². The van der Waals surface area contributed by atoms with Gasteiger partial charge in [0.15, 0.2) is 9.84 Å².